The first-order chi connectivity index (χ1) is 13.9. The van der Waals surface area contributed by atoms with Crippen molar-refractivity contribution in [1.82, 2.24) is 10.0 Å². The van der Waals surface area contributed by atoms with Crippen LogP contribution in [0.3, 0.4) is 0 Å². The van der Waals surface area contributed by atoms with Gasteiger partial charge in [0.05, 0.1) is 17.7 Å². The Labute approximate surface area is 168 Å². The summed E-state index contributed by atoms with van der Waals surface area (Å²) in [5.41, 5.74) is 1.52. The summed E-state index contributed by atoms with van der Waals surface area (Å²) >= 11 is 0. The summed E-state index contributed by atoms with van der Waals surface area (Å²) in [6.45, 7) is 0. The number of nitrogens with two attached hydrogens (primary N) is 1. The number of carbonyl (C=O) groups is 2. The van der Waals surface area contributed by atoms with Gasteiger partial charge >= 0.3 is 12.2 Å². The fourth-order valence-corrected chi connectivity index (χ4v) is 3.99. The number of sulfonamides is 1. The molecule has 4 N–H and O–H groups in total. The van der Waals surface area contributed by atoms with Crippen LogP contribution >= 0.6 is 0 Å². The summed E-state index contributed by atoms with van der Waals surface area (Å²) < 4.78 is 73.1. The minimum atomic E-state index is -5.50. The third-order valence-electron chi connectivity index (χ3n) is 4.26. The van der Waals surface area contributed by atoms with Crippen molar-refractivity contribution in [3.05, 3.63) is 48.5 Å². The lowest BCUT2D eigenvalue weighted by molar-refractivity contribution is -0.194. The van der Waals surface area contributed by atoms with Crippen LogP contribution in [0.15, 0.2) is 53.4 Å². The second-order valence-electron chi connectivity index (χ2n) is 6.19. The van der Waals surface area contributed by atoms with Crippen molar-refractivity contribution >= 4 is 33.3 Å². The molecule has 0 spiro atoms. The van der Waals surface area contributed by atoms with Gasteiger partial charge in [-0.1, -0.05) is 0 Å². The van der Waals surface area contributed by atoms with Crippen LogP contribution in [0.25, 0.3) is 0 Å². The minimum absolute atomic E-state index is 0.176. The predicted molar refractivity (Wildman–Crippen MR) is 99.0 cm³/mol. The number of hydrogen-bond donors (Lipinski definition) is 3. The zero-order valence-electron chi connectivity index (χ0n) is 15.2. The minimum Gasteiger partial charge on any atom is -0.497 e. The van der Waals surface area contributed by atoms with Crippen LogP contribution in [0.2, 0.25) is 0 Å². The zero-order chi connectivity index (χ0) is 22.3. The monoisotopic (exact) mass is 444 g/mol. The van der Waals surface area contributed by atoms with Gasteiger partial charge in [-0.05, 0) is 48.5 Å². The lowest BCUT2D eigenvalue weighted by Gasteiger charge is -2.29. The number of nitrogens with zero attached hydrogens (tertiary/aromatic N) is 1. The Morgan fingerprint density at radius 2 is 1.63 bits per heavy atom. The largest absolute Gasteiger partial charge is 0.497 e. The SMILES string of the molecule is COc1ccc(N2C(=O)NC(NS(=O)(=O)c3ccc(N)cc3)(C(F)(F)F)C2=O)cc1. The van der Waals surface area contributed by atoms with Gasteiger partial charge in [-0.2, -0.15) is 17.9 Å². The van der Waals surface area contributed by atoms with Crippen LogP contribution in [0.1, 0.15) is 0 Å². The summed E-state index contributed by atoms with van der Waals surface area (Å²) in [6.07, 6.45) is -5.50. The van der Waals surface area contributed by atoms with E-state index in [9.17, 15) is 31.2 Å². The van der Waals surface area contributed by atoms with Gasteiger partial charge < -0.3 is 15.8 Å². The van der Waals surface area contributed by atoms with E-state index in [1.165, 1.54) is 41.4 Å². The molecular weight excluding hydrogens is 429 g/mol. The van der Waals surface area contributed by atoms with E-state index in [2.05, 4.69) is 0 Å². The molecule has 13 heteroatoms. The first kappa shape index (κ1) is 21.4. The van der Waals surface area contributed by atoms with E-state index in [0.29, 0.717) is 5.75 Å². The van der Waals surface area contributed by atoms with Gasteiger partial charge in [0.25, 0.3) is 11.6 Å². The highest BCUT2D eigenvalue weighted by molar-refractivity contribution is 7.89. The Kier molecular flexibility index (Phi) is 5.12. The van der Waals surface area contributed by atoms with Crippen molar-refractivity contribution in [3.63, 3.8) is 0 Å². The van der Waals surface area contributed by atoms with Gasteiger partial charge in [-0.25, -0.2) is 18.1 Å². The van der Waals surface area contributed by atoms with E-state index < -0.39 is 38.7 Å². The molecular formula is C17H15F3N4O5S. The number of benzene rings is 2. The Hall–Kier alpha value is -3.32. The molecule has 2 aromatic rings. The summed E-state index contributed by atoms with van der Waals surface area (Å²) in [5, 5.41) is 1.44. The normalized spacial score (nSPS) is 19.7. The average Bonchev–Trinajstić information content (AvgIpc) is 2.92. The topological polar surface area (TPSA) is 131 Å². The van der Waals surface area contributed by atoms with Gasteiger partial charge in [0.1, 0.15) is 5.75 Å². The quantitative estimate of drug-likeness (QED) is 0.474. The van der Waals surface area contributed by atoms with Crippen molar-refractivity contribution in [2.45, 2.75) is 16.7 Å². The van der Waals surface area contributed by atoms with Gasteiger partial charge in [0.15, 0.2) is 0 Å². The molecule has 1 aliphatic rings. The van der Waals surface area contributed by atoms with Crippen LogP contribution in [0.4, 0.5) is 29.3 Å². The highest BCUT2D eigenvalue weighted by atomic mass is 32.2. The van der Waals surface area contributed by atoms with Gasteiger partial charge in [-0.3, -0.25) is 4.79 Å². The number of urea groups is 1. The maximum absolute atomic E-state index is 13.9. The molecule has 1 fully saturated rings. The highest BCUT2D eigenvalue weighted by Gasteiger charge is 2.69. The number of rotatable bonds is 5. The van der Waals surface area contributed by atoms with Crippen LogP contribution in [-0.2, 0) is 14.8 Å². The summed E-state index contributed by atoms with van der Waals surface area (Å²) in [7, 11) is -3.53. The maximum Gasteiger partial charge on any atom is 0.435 e. The molecule has 30 heavy (non-hydrogen) atoms. The molecule has 1 heterocycles. The third-order valence-corrected chi connectivity index (χ3v) is 5.72. The van der Waals surface area contributed by atoms with E-state index in [4.69, 9.17) is 10.5 Å². The Morgan fingerprint density at radius 3 is 2.13 bits per heavy atom. The fraction of sp³-hybridized carbons (Fsp3) is 0.176. The predicted octanol–water partition coefficient (Wildman–Crippen LogP) is 1.57. The molecule has 0 aromatic heterocycles. The molecule has 0 saturated carbocycles. The lowest BCUT2D eigenvalue weighted by atomic mass is 10.1. The van der Waals surface area contributed by atoms with Crippen molar-refractivity contribution in [1.29, 1.82) is 0 Å². The molecule has 1 aliphatic heterocycles. The smallest absolute Gasteiger partial charge is 0.435 e. The summed E-state index contributed by atoms with van der Waals surface area (Å²) in [6, 6.07) is 7.79. The Bertz CT molecular complexity index is 1090. The van der Waals surface area contributed by atoms with E-state index in [1.807, 2.05) is 0 Å². The number of anilines is 2. The second kappa shape index (κ2) is 7.18. The van der Waals surface area contributed by atoms with E-state index in [0.717, 1.165) is 24.3 Å². The zero-order valence-corrected chi connectivity index (χ0v) is 16.0. The van der Waals surface area contributed by atoms with Gasteiger partial charge in [-0.15, -0.1) is 0 Å². The number of halogens is 3. The number of amides is 3. The number of carbonyl (C=O) groups excluding carboxylic acids is 2. The molecule has 3 amide bonds. The first-order valence-corrected chi connectivity index (χ1v) is 9.66. The molecule has 160 valence electrons. The number of alkyl halides is 3. The molecule has 1 atom stereocenters. The van der Waals surface area contributed by atoms with Crippen molar-refractivity contribution in [3.8, 4) is 5.75 Å². The number of imide groups is 1. The van der Waals surface area contributed by atoms with E-state index >= 15 is 0 Å². The number of nitrogen functional groups attached to an aromatic ring is 1. The van der Waals surface area contributed by atoms with Crippen LogP contribution in [0, 0.1) is 0 Å². The second-order valence-corrected chi connectivity index (χ2v) is 7.87. The number of nitrogens with one attached hydrogen (secondary N) is 2. The maximum atomic E-state index is 13.9. The van der Waals surface area contributed by atoms with Crippen LogP contribution in [-0.4, -0.2) is 39.3 Å². The van der Waals surface area contributed by atoms with Gasteiger partial charge in [0, 0.05) is 5.69 Å². The van der Waals surface area contributed by atoms with E-state index in [1.54, 1.807) is 0 Å². The Morgan fingerprint density at radius 1 is 1.07 bits per heavy atom. The molecule has 9 nitrogen and oxygen atoms in total. The first-order valence-electron chi connectivity index (χ1n) is 8.18. The van der Waals surface area contributed by atoms with E-state index in [-0.39, 0.29) is 16.3 Å². The fourth-order valence-electron chi connectivity index (χ4n) is 2.72. The molecule has 1 saturated heterocycles. The third kappa shape index (κ3) is 3.52. The molecule has 0 aliphatic carbocycles. The standard InChI is InChI=1S/C17H15F3N4O5S/c1-29-12-6-4-11(5-7-12)24-14(25)16(17(18,19)20,22-15(24)26)23-30(27,28)13-8-2-10(21)3-9-13/h2-9,23H,21H2,1H3,(H,22,26). The average molecular weight is 444 g/mol. The van der Waals surface area contributed by atoms with Crippen molar-refractivity contribution in [2.24, 2.45) is 0 Å². The van der Waals surface area contributed by atoms with Crippen molar-refractivity contribution in [2.75, 3.05) is 17.7 Å². The van der Waals surface area contributed by atoms with Crippen LogP contribution in [0.5, 0.6) is 5.75 Å². The Balaban J connectivity index is 2.04. The molecule has 3 rings (SSSR count). The lowest BCUT2D eigenvalue weighted by Crippen LogP contribution is -2.69. The molecule has 0 radical (unpaired) electrons. The number of ether oxygens (including phenoxy) is 1. The molecule has 1 unspecified atom stereocenters. The van der Waals surface area contributed by atoms with Crippen LogP contribution < -0.4 is 25.4 Å². The highest BCUT2D eigenvalue weighted by Crippen LogP contribution is 2.37. The molecule has 0 bridgehead atoms. The van der Waals surface area contributed by atoms with Crippen molar-refractivity contribution < 1.29 is 35.9 Å². The summed E-state index contributed by atoms with van der Waals surface area (Å²) in [5.74, 6) is -1.53. The summed E-state index contributed by atoms with van der Waals surface area (Å²) in [4.78, 5) is 24.6. The van der Waals surface area contributed by atoms with Gasteiger partial charge in [0.2, 0.25) is 10.0 Å². The number of methoxy groups -OCH3 is 1. The molecule has 2 aromatic carbocycles. The number of hydrogen-bond acceptors (Lipinski definition) is 6.